The molecule has 5 nitrogen and oxygen atoms in total. The number of amides is 1. The van der Waals surface area contributed by atoms with Crippen molar-refractivity contribution in [1.29, 1.82) is 0 Å². The Hall–Kier alpha value is -1.82. The minimum Gasteiger partial charge on any atom is -0.398 e. The van der Waals surface area contributed by atoms with Crippen molar-refractivity contribution in [2.24, 2.45) is 7.05 Å². The maximum Gasteiger partial charge on any atom is 0.253 e. The van der Waals surface area contributed by atoms with Crippen LogP contribution in [0.1, 0.15) is 28.5 Å². The molecule has 0 unspecified atom stereocenters. The summed E-state index contributed by atoms with van der Waals surface area (Å²) in [6.07, 6.45) is 2.76. The molecule has 1 aromatic carbocycles. The van der Waals surface area contributed by atoms with E-state index in [1.165, 1.54) is 0 Å². The lowest BCUT2D eigenvalue weighted by molar-refractivity contribution is 0.0951. The Labute approximate surface area is 126 Å². The largest absolute Gasteiger partial charge is 0.398 e. The lowest BCUT2D eigenvalue weighted by Crippen LogP contribution is -2.24. The molecule has 1 heterocycles. The number of rotatable bonds is 4. The molecule has 0 aliphatic carbocycles. The zero-order valence-electron chi connectivity index (χ0n) is 11.5. The second-order valence-corrected chi connectivity index (χ2v) is 5.46. The number of anilines is 1. The Bertz CT molecular complexity index is 636. The first kappa shape index (κ1) is 14.6. The van der Waals surface area contributed by atoms with Crippen molar-refractivity contribution >= 4 is 27.5 Å². The van der Waals surface area contributed by atoms with Gasteiger partial charge in [-0.15, -0.1) is 0 Å². The van der Waals surface area contributed by atoms with Crippen molar-refractivity contribution in [3.8, 4) is 0 Å². The van der Waals surface area contributed by atoms with Gasteiger partial charge in [0.25, 0.3) is 5.91 Å². The summed E-state index contributed by atoms with van der Waals surface area (Å²) < 4.78 is 2.61. The van der Waals surface area contributed by atoms with Crippen LogP contribution in [0.3, 0.4) is 0 Å². The third-order valence-corrected chi connectivity index (χ3v) is 3.52. The van der Waals surface area contributed by atoms with E-state index < -0.39 is 0 Å². The molecule has 2 rings (SSSR count). The molecule has 0 radical (unpaired) electrons. The fourth-order valence-corrected chi connectivity index (χ4v) is 2.42. The van der Waals surface area contributed by atoms with Gasteiger partial charge in [0.1, 0.15) is 0 Å². The minimum atomic E-state index is -0.180. The maximum absolute atomic E-state index is 12.1. The lowest BCUT2D eigenvalue weighted by atomic mass is 10.1. The van der Waals surface area contributed by atoms with E-state index in [9.17, 15) is 4.79 Å². The number of hydrogen-bond acceptors (Lipinski definition) is 3. The fraction of sp³-hybridized carbons (Fsp3) is 0.286. The molecule has 1 aromatic heterocycles. The Morgan fingerprint density at radius 3 is 2.90 bits per heavy atom. The van der Waals surface area contributed by atoms with E-state index in [0.717, 1.165) is 22.2 Å². The molecule has 3 N–H and O–H groups in total. The van der Waals surface area contributed by atoms with Crippen LogP contribution in [0, 0.1) is 0 Å². The zero-order chi connectivity index (χ0) is 14.7. The van der Waals surface area contributed by atoms with E-state index in [4.69, 9.17) is 5.73 Å². The molecule has 1 amide bonds. The normalized spacial score (nSPS) is 10.6. The van der Waals surface area contributed by atoms with E-state index >= 15 is 0 Å². The highest BCUT2D eigenvalue weighted by Gasteiger charge is 2.11. The summed E-state index contributed by atoms with van der Waals surface area (Å²) in [4.78, 5) is 12.1. The van der Waals surface area contributed by atoms with Crippen molar-refractivity contribution in [3.05, 3.63) is 45.7 Å². The summed E-state index contributed by atoms with van der Waals surface area (Å²) >= 11 is 3.32. The predicted molar refractivity (Wildman–Crippen MR) is 82.3 cm³/mol. The van der Waals surface area contributed by atoms with Gasteiger partial charge >= 0.3 is 0 Å². The molecular weight excluding hydrogens is 320 g/mol. The highest BCUT2D eigenvalue weighted by molar-refractivity contribution is 9.10. The van der Waals surface area contributed by atoms with Crippen LogP contribution >= 0.6 is 15.9 Å². The van der Waals surface area contributed by atoms with Gasteiger partial charge in [0.2, 0.25) is 0 Å². The van der Waals surface area contributed by atoms with Gasteiger partial charge in [-0.3, -0.25) is 9.48 Å². The van der Waals surface area contributed by atoms with Gasteiger partial charge < -0.3 is 11.1 Å². The number of aromatic nitrogens is 2. The molecule has 0 atom stereocenters. The summed E-state index contributed by atoms with van der Waals surface area (Å²) in [6.45, 7) is 2.49. The Kier molecular flexibility index (Phi) is 4.44. The number of nitrogen functional groups attached to an aromatic ring is 1. The number of nitrogens with two attached hydrogens (primary N) is 1. The second kappa shape index (κ2) is 6.09. The Morgan fingerprint density at radius 1 is 1.50 bits per heavy atom. The number of carbonyl (C=O) groups is 1. The maximum atomic E-state index is 12.1. The molecule has 20 heavy (non-hydrogen) atoms. The number of carbonyl (C=O) groups excluding carboxylic acids is 1. The van der Waals surface area contributed by atoms with Crippen molar-refractivity contribution in [2.75, 3.05) is 5.73 Å². The standard InChI is InChI=1S/C14H17BrN4O/c1-3-13-9(8-19(2)18-13)7-17-14(20)11-5-4-10(15)6-12(11)16/h4-6,8H,3,7,16H2,1-2H3,(H,17,20). The molecule has 0 saturated carbocycles. The summed E-state index contributed by atoms with van der Waals surface area (Å²) in [7, 11) is 1.87. The van der Waals surface area contributed by atoms with Gasteiger partial charge in [-0.05, 0) is 24.6 Å². The third-order valence-electron chi connectivity index (χ3n) is 3.02. The van der Waals surface area contributed by atoms with Gasteiger partial charge in [0.15, 0.2) is 0 Å². The topological polar surface area (TPSA) is 72.9 Å². The molecule has 0 aliphatic rings. The van der Waals surface area contributed by atoms with E-state index in [0.29, 0.717) is 17.8 Å². The third kappa shape index (κ3) is 3.19. The van der Waals surface area contributed by atoms with Gasteiger partial charge in [0.05, 0.1) is 11.3 Å². The SMILES string of the molecule is CCc1nn(C)cc1CNC(=O)c1ccc(Br)cc1N. The summed E-state index contributed by atoms with van der Waals surface area (Å²) in [6, 6.07) is 5.22. The van der Waals surface area contributed by atoms with Crippen LogP contribution in [-0.4, -0.2) is 15.7 Å². The number of halogens is 1. The highest BCUT2D eigenvalue weighted by Crippen LogP contribution is 2.18. The van der Waals surface area contributed by atoms with Crippen LogP contribution in [0.4, 0.5) is 5.69 Å². The van der Waals surface area contributed by atoms with E-state index in [-0.39, 0.29) is 5.91 Å². The first-order chi connectivity index (χ1) is 9.51. The molecule has 0 spiro atoms. The average Bonchev–Trinajstić information content (AvgIpc) is 2.76. The Balaban J connectivity index is 2.08. The van der Waals surface area contributed by atoms with E-state index in [1.807, 2.05) is 20.2 Å². The smallest absolute Gasteiger partial charge is 0.253 e. The van der Waals surface area contributed by atoms with Gasteiger partial charge in [-0.2, -0.15) is 5.10 Å². The van der Waals surface area contributed by atoms with Crippen molar-refractivity contribution in [2.45, 2.75) is 19.9 Å². The van der Waals surface area contributed by atoms with Crippen LogP contribution in [0.2, 0.25) is 0 Å². The van der Waals surface area contributed by atoms with Gasteiger partial charge in [0, 0.05) is 35.5 Å². The molecule has 0 saturated heterocycles. The minimum absolute atomic E-state index is 0.180. The molecular formula is C14H17BrN4O. The quantitative estimate of drug-likeness (QED) is 0.841. The number of nitrogens with zero attached hydrogens (tertiary/aromatic N) is 2. The summed E-state index contributed by atoms with van der Waals surface area (Å²) in [5.74, 6) is -0.180. The number of nitrogens with one attached hydrogen (secondary N) is 1. The number of hydrogen-bond donors (Lipinski definition) is 2. The van der Waals surface area contributed by atoms with Crippen LogP contribution in [0.25, 0.3) is 0 Å². The monoisotopic (exact) mass is 336 g/mol. The fourth-order valence-electron chi connectivity index (χ4n) is 2.04. The summed E-state index contributed by atoms with van der Waals surface area (Å²) in [5, 5.41) is 7.22. The van der Waals surface area contributed by atoms with Crippen LogP contribution in [0.5, 0.6) is 0 Å². The van der Waals surface area contributed by atoms with Crippen molar-refractivity contribution < 1.29 is 4.79 Å². The van der Waals surface area contributed by atoms with Crippen LogP contribution in [0.15, 0.2) is 28.9 Å². The summed E-state index contributed by atoms with van der Waals surface area (Å²) in [5.41, 5.74) is 8.81. The molecule has 2 aromatic rings. The van der Waals surface area contributed by atoms with E-state index in [1.54, 1.807) is 22.9 Å². The molecule has 106 valence electrons. The molecule has 0 fully saturated rings. The zero-order valence-corrected chi connectivity index (χ0v) is 13.1. The predicted octanol–water partition coefficient (Wildman–Crippen LogP) is 2.26. The van der Waals surface area contributed by atoms with Crippen LogP contribution < -0.4 is 11.1 Å². The van der Waals surface area contributed by atoms with Gasteiger partial charge in [-0.1, -0.05) is 22.9 Å². The number of benzene rings is 1. The number of aryl methyl sites for hydroxylation is 2. The van der Waals surface area contributed by atoms with Crippen molar-refractivity contribution in [1.82, 2.24) is 15.1 Å². The molecule has 0 bridgehead atoms. The van der Waals surface area contributed by atoms with Gasteiger partial charge in [-0.25, -0.2) is 0 Å². The second-order valence-electron chi connectivity index (χ2n) is 4.54. The first-order valence-corrected chi connectivity index (χ1v) is 7.15. The first-order valence-electron chi connectivity index (χ1n) is 6.36. The van der Waals surface area contributed by atoms with Crippen molar-refractivity contribution in [3.63, 3.8) is 0 Å². The molecule has 6 heteroatoms. The lowest BCUT2D eigenvalue weighted by Gasteiger charge is -2.07. The van der Waals surface area contributed by atoms with Crippen LogP contribution in [-0.2, 0) is 20.0 Å². The molecule has 0 aliphatic heterocycles. The highest BCUT2D eigenvalue weighted by atomic mass is 79.9. The average molecular weight is 337 g/mol. The van der Waals surface area contributed by atoms with E-state index in [2.05, 4.69) is 26.3 Å². The Morgan fingerprint density at radius 2 is 2.25 bits per heavy atom.